The summed E-state index contributed by atoms with van der Waals surface area (Å²) in [5.74, 6) is 4.29. The van der Waals surface area contributed by atoms with Gasteiger partial charge < -0.3 is 73.0 Å². The van der Waals surface area contributed by atoms with Crippen LogP contribution in [0.3, 0.4) is 0 Å². The van der Waals surface area contributed by atoms with Crippen molar-refractivity contribution < 1.29 is 33.2 Å². The zero-order valence-electron chi connectivity index (χ0n) is 47.1. The highest BCUT2D eigenvalue weighted by Crippen LogP contribution is 2.30. The molecule has 28 heteroatoms. The average molecular weight is 1170 g/mol. The van der Waals surface area contributed by atoms with Gasteiger partial charge in [-0.05, 0) is 78.0 Å². The number of halogens is 1. The van der Waals surface area contributed by atoms with Crippen LogP contribution in [0.2, 0.25) is 0 Å². The lowest BCUT2D eigenvalue weighted by molar-refractivity contribution is 0.215. The van der Waals surface area contributed by atoms with E-state index in [0.29, 0.717) is 74.3 Å². The number of nitrogens with two attached hydrogens (primary N) is 4. The Morgan fingerprint density at radius 2 is 0.718 bits per heavy atom. The first kappa shape index (κ1) is 62.8. The van der Waals surface area contributed by atoms with E-state index in [2.05, 4.69) is 108 Å². The SMILES string of the molecule is CO/N=C/c1c(N)ncnc1Nc1cc(OC)cc(OC)c1.CO/N=C/c1c(N)ncnc1Nc1ccc(-c2ccccc2)cc1.CO/N=C/c1c(N)ncnc1Nc1ccc(F)cc1.CO/N=C/c1c(N)ncnc1Nc1ccc(SC)cc1. The second-order valence-corrected chi connectivity index (χ2v) is 17.4. The molecule has 0 aliphatic carbocycles. The van der Waals surface area contributed by atoms with E-state index in [-0.39, 0.29) is 17.5 Å². The van der Waals surface area contributed by atoms with Crippen LogP contribution in [-0.2, 0) is 19.4 Å². The van der Waals surface area contributed by atoms with Crippen molar-refractivity contribution in [2.24, 2.45) is 20.6 Å². The molecule has 4 aromatic heterocycles. The summed E-state index contributed by atoms with van der Waals surface area (Å²) in [5.41, 5.74) is 31.0. The Morgan fingerprint density at radius 3 is 1.05 bits per heavy atom. The van der Waals surface area contributed by atoms with Gasteiger partial charge in [-0.25, -0.2) is 44.3 Å². The number of rotatable bonds is 20. The van der Waals surface area contributed by atoms with Crippen molar-refractivity contribution in [2.45, 2.75) is 4.90 Å². The van der Waals surface area contributed by atoms with Crippen molar-refractivity contribution in [3.05, 3.63) is 175 Å². The molecule has 0 radical (unpaired) electrons. The standard InChI is InChI=1S/C18H17N5O.C14H17N5O3.C13H15N5OS.C12H12FN5O/c1-24-22-11-16-17(19)20-12-21-18(16)23-15-9-7-14(8-10-15)13-5-3-2-4-6-13;1-20-10-4-9(5-11(6-10)21-2)19-14-12(7-18-22-3)13(15)16-8-17-14;1-19-17-7-11-12(14)15-8-16-13(11)18-9-3-5-10(20-2)6-4-9;1-19-17-6-10-11(14)15-7-16-12(10)18-9-4-2-8(13)3-5-9/h2-12H,1H3,(H3,19,20,21,23);4-8H,1-3H3,(H3,15,16,17,19);3-8H,1-2H3,(H3,14,15,16,18);2-7H,1H3,(H3,14,15,16,18)/b22-11+;18-7+;17-7+;17-6+. The van der Waals surface area contributed by atoms with Crippen molar-refractivity contribution in [3.8, 4) is 22.6 Å². The third kappa shape index (κ3) is 19.4. The summed E-state index contributed by atoms with van der Waals surface area (Å²) in [5, 5.41) is 27.3. The van der Waals surface area contributed by atoms with Gasteiger partial charge in [0.05, 0.1) is 61.3 Å². The van der Waals surface area contributed by atoms with Gasteiger partial charge in [-0.15, -0.1) is 11.8 Å². The van der Waals surface area contributed by atoms with Gasteiger partial charge in [-0.1, -0.05) is 63.1 Å². The van der Waals surface area contributed by atoms with Crippen LogP contribution in [0, 0.1) is 5.82 Å². The number of hydrogen-bond acceptors (Lipinski definition) is 27. The van der Waals surface area contributed by atoms with Crippen LogP contribution in [0.4, 0.5) is 73.7 Å². The van der Waals surface area contributed by atoms with E-state index in [1.54, 1.807) is 56.3 Å². The number of hydrogen-bond donors (Lipinski definition) is 8. The smallest absolute Gasteiger partial charge is 0.144 e. The number of thioether (sulfide) groups is 1. The first-order valence-corrected chi connectivity index (χ1v) is 26.2. The van der Waals surface area contributed by atoms with Crippen LogP contribution >= 0.6 is 11.8 Å². The van der Waals surface area contributed by atoms with Gasteiger partial charge in [0.15, 0.2) is 0 Å². The van der Waals surface area contributed by atoms with Gasteiger partial charge in [0, 0.05) is 45.8 Å². The molecule has 9 rings (SSSR count). The minimum atomic E-state index is -0.311. The lowest BCUT2D eigenvalue weighted by Gasteiger charge is -2.12. The number of nitrogens with one attached hydrogen (secondary N) is 4. The Balaban J connectivity index is 0.000000182. The van der Waals surface area contributed by atoms with Gasteiger partial charge in [0.2, 0.25) is 0 Å². The number of nitrogens with zero attached hydrogens (tertiary/aromatic N) is 12. The molecular weight excluding hydrogens is 1110 g/mol. The molecule has 0 saturated heterocycles. The average Bonchev–Trinajstić information content (AvgIpc) is 3.73. The van der Waals surface area contributed by atoms with Crippen LogP contribution in [0.5, 0.6) is 11.5 Å². The van der Waals surface area contributed by atoms with Gasteiger partial charge in [-0.3, -0.25) is 0 Å². The predicted molar refractivity (Wildman–Crippen MR) is 333 cm³/mol. The molecule has 26 nitrogen and oxygen atoms in total. The first-order chi connectivity index (χ1) is 41.4. The maximum absolute atomic E-state index is 12.8. The highest BCUT2D eigenvalue weighted by atomic mass is 32.2. The zero-order chi connectivity index (χ0) is 60.8. The van der Waals surface area contributed by atoms with Crippen LogP contribution in [0.1, 0.15) is 22.3 Å². The number of methoxy groups -OCH3 is 2. The Labute approximate surface area is 493 Å². The van der Waals surface area contributed by atoms with Gasteiger partial charge in [0.25, 0.3) is 0 Å². The number of anilines is 12. The normalized spacial score (nSPS) is 10.6. The third-order valence-electron chi connectivity index (χ3n) is 11.1. The van der Waals surface area contributed by atoms with Crippen molar-refractivity contribution in [2.75, 3.05) is 93.1 Å². The Bertz CT molecular complexity index is 3630. The summed E-state index contributed by atoms with van der Waals surface area (Å²) in [7, 11) is 8.95. The lowest BCUT2D eigenvalue weighted by atomic mass is 10.1. The summed E-state index contributed by atoms with van der Waals surface area (Å²) in [4.78, 5) is 52.2. The number of oxime groups is 4. The summed E-state index contributed by atoms with van der Waals surface area (Å²) >= 11 is 1.69. The van der Waals surface area contributed by atoms with Gasteiger partial charge in [0.1, 0.15) is 118 Å². The van der Waals surface area contributed by atoms with Crippen molar-refractivity contribution >= 4 is 106 Å². The molecule has 0 spiro atoms. The van der Waals surface area contributed by atoms with Gasteiger partial charge in [-0.2, -0.15) is 0 Å². The second-order valence-electron chi connectivity index (χ2n) is 16.5. The quantitative estimate of drug-likeness (QED) is 0.0200. The first-order valence-electron chi connectivity index (χ1n) is 24.9. The molecule has 438 valence electrons. The number of benzene rings is 5. The Morgan fingerprint density at radius 1 is 0.400 bits per heavy atom. The van der Waals surface area contributed by atoms with Crippen molar-refractivity contribution in [3.63, 3.8) is 0 Å². The minimum absolute atomic E-state index is 0.264. The molecule has 0 aliphatic heterocycles. The maximum atomic E-state index is 12.8. The molecule has 5 aromatic carbocycles. The molecule has 0 fully saturated rings. The molecular formula is C57H61FN20O6S. The van der Waals surface area contributed by atoms with Crippen LogP contribution in [-0.4, -0.2) is 114 Å². The fourth-order valence-electron chi connectivity index (χ4n) is 6.98. The van der Waals surface area contributed by atoms with E-state index in [0.717, 1.165) is 22.6 Å². The van der Waals surface area contributed by atoms with E-state index < -0.39 is 0 Å². The van der Waals surface area contributed by atoms with E-state index in [4.69, 9.17) is 37.2 Å². The van der Waals surface area contributed by atoms with E-state index in [9.17, 15) is 4.39 Å². The molecule has 0 bridgehead atoms. The molecule has 9 aromatic rings. The fraction of sp³-hybridized carbons (Fsp3) is 0.123. The monoisotopic (exact) mass is 1170 g/mol. The van der Waals surface area contributed by atoms with E-state index in [1.807, 2.05) is 73.0 Å². The molecule has 12 N–H and O–H groups in total. The zero-order valence-corrected chi connectivity index (χ0v) is 47.9. The van der Waals surface area contributed by atoms with Crippen LogP contribution in [0.15, 0.2) is 172 Å². The molecule has 0 aliphatic rings. The Hall–Kier alpha value is -11.4. The number of nitrogen functional groups attached to an aromatic ring is 4. The van der Waals surface area contributed by atoms with Crippen molar-refractivity contribution in [1.29, 1.82) is 0 Å². The summed E-state index contributed by atoms with van der Waals surface area (Å²) in [6.45, 7) is 0. The molecule has 0 amide bonds. The molecule has 0 saturated carbocycles. The largest absolute Gasteiger partial charge is 0.497 e. The summed E-state index contributed by atoms with van der Waals surface area (Å²) < 4.78 is 23.3. The molecule has 0 unspecified atom stereocenters. The summed E-state index contributed by atoms with van der Waals surface area (Å²) in [6, 6.07) is 37.5. The number of ether oxygens (including phenoxy) is 2. The molecule has 0 atom stereocenters. The van der Waals surface area contributed by atoms with E-state index >= 15 is 0 Å². The van der Waals surface area contributed by atoms with Crippen molar-refractivity contribution in [1.82, 2.24) is 39.9 Å². The topological polar surface area (TPSA) is 360 Å². The second kappa shape index (κ2) is 33.4. The van der Waals surface area contributed by atoms with Crippen LogP contribution < -0.4 is 53.7 Å². The fourth-order valence-corrected chi connectivity index (χ4v) is 7.38. The lowest BCUT2D eigenvalue weighted by Crippen LogP contribution is -2.05. The molecule has 85 heavy (non-hydrogen) atoms. The minimum Gasteiger partial charge on any atom is -0.497 e. The highest BCUT2D eigenvalue weighted by molar-refractivity contribution is 7.98. The predicted octanol–water partition coefficient (Wildman–Crippen LogP) is 9.68. The number of aromatic nitrogens is 8. The van der Waals surface area contributed by atoms with Gasteiger partial charge >= 0.3 is 0 Å². The highest BCUT2D eigenvalue weighted by Gasteiger charge is 2.13. The summed E-state index contributed by atoms with van der Waals surface area (Å²) in [6.07, 6.45) is 13.3. The van der Waals surface area contributed by atoms with E-state index in [1.165, 1.54) is 101 Å². The Kier molecular flexibility index (Phi) is 24.6. The maximum Gasteiger partial charge on any atom is 0.144 e. The van der Waals surface area contributed by atoms with Crippen LogP contribution in [0.25, 0.3) is 11.1 Å². The third-order valence-corrected chi connectivity index (χ3v) is 11.9. The molecule has 4 heterocycles.